The lowest BCUT2D eigenvalue weighted by atomic mass is 9.94. The van der Waals surface area contributed by atoms with Gasteiger partial charge in [0.25, 0.3) is 0 Å². The summed E-state index contributed by atoms with van der Waals surface area (Å²) in [5, 5.41) is 1.15. The van der Waals surface area contributed by atoms with E-state index < -0.39 is 0 Å². The minimum atomic E-state index is -0.157. The molecule has 4 rings (SSSR count). The van der Waals surface area contributed by atoms with Crippen LogP contribution in [0, 0.1) is 13.8 Å². The molecular formula is C20H19NO2. The summed E-state index contributed by atoms with van der Waals surface area (Å²) in [6.07, 6.45) is 0.611. The number of amides is 1. The molecular weight excluding hydrogens is 286 g/mol. The quantitative estimate of drug-likeness (QED) is 0.705. The van der Waals surface area contributed by atoms with E-state index in [1.807, 2.05) is 37.4 Å². The Morgan fingerprint density at radius 1 is 1.09 bits per heavy atom. The van der Waals surface area contributed by atoms with E-state index in [1.54, 1.807) is 4.90 Å². The number of carbonyl (C=O) groups is 1. The molecule has 0 spiro atoms. The van der Waals surface area contributed by atoms with E-state index in [4.69, 9.17) is 4.42 Å². The summed E-state index contributed by atoms with van der Waals surface area (Å²) >= 11 is 0. The van der Waals surface area contributed by atoms with Crippen molar-refractivity contribution in [1.82, 2.24) is 0 Å². The lowest BCUT2D eigenvalue weighted by molar-refractivity contribution is -0.119. The van der Waals surface area contributed by atoms with Crippen LogP contribution in [0.3, 0.4) is 0 Å². The fourth-order valence-corrected chi connectivity index (χ4v) is 3.58. The number of aryl methyl sites for hydroxylation is 2. The number of hydrogen-bond acceptors (Lipinski definition) is 2. The number of carbonyl (C=O) groups excluding carboxylic acids is 1. The maximum atomic E-state index is 12.6. The summed E-state index contributed by atoms with van der Waals surface area (Å²) < 4.78 is 6.12. The summed E-state index contributed by atoms with van der Waals surface area (Å²) in [6.45, 7) is 4.13. The Hall–Kier alpha value is -2.55. The Morgan fingerprint density at radius 3 is 2.65 bits per heavy atom. The molecule has 23 heavy (non-hydrogen) atoms. The van der Waals surface area contributed by atoms with E-state index in [1.165, 1.54) is 0 Å². The Bertz CT molecular complexity index is 923. The molecule has 0 saturated heterocycles. The highest BCUT2D eigenvalue weighted by molar-refractivity contribution is 6.04. The van der Waals surface area contributed by atoms with Crippen LogP contribution in [-0.2, 0) is 11.2 Å². The molecule has 1 aromatic heterocycles. The van der Waals surface area contributed by atoms with Crippen LogP contribution in [0.15, 0.2) is 46.9 Å². The predicted molar refractivity (Wildman–Crippen MR) is 92.0 cm³/mol. The standard InChI is InChI=1S/C20H19NO2/c1-12-7-6-9-14-13(2)18(23-19(12)14)11-16-15-8-4-5-10-17(15)21(3)20(16)22/h4-10,16H,11H2,1-3H3/t16-/m1/s1. The van der Waals surface area contributed by atoms with Crippen molar-refractivity contribution in [1.29, 1.82) is 0 Å². The first-order valence-corrected chi connectivity index (χ1v) is 7.92. The molecule has 0 aliphatic carbocycles. The number of hydrogen-bond donors (Lipinski definition) is 0. The number of nitrogens with zero attached hydrogens (tertiary/aromatic N) is 1. The van der Waals surface area contributed by atoms with Gasteiger partial charge in [-0.1, -0.05) is 36.4 Å². The summed E-state index contributed by atoms with van der Waals surface area (Å²) in [5.41, 5.74) is 5.31. The zero-order valence-electron chi connectivity index (χ0n) is 13.6. The van der Waals surface area contributed by atoms with Crippen LogP contribution in [-0.4, -0.2) is 13.0 Å². The predicted octanol–water partition coefficient (Wildman–Crippen LogP) is 4.35. The van der Waals surface area contributed by atoms with Crippen LogP contribution in [0.4, 0.5) is 5.69 Å². The maximum absolute atomic E-state index is 12.6. The van der Waals surface area contributed by atoms with Gasteiger partial charge in [0, 0.05) is 24.5 Å². The van der Waals surface area contributed by atoms with Crippen molar-refractivity contribution < 1.29 is 9.21 Å². The molecule has 3 heteroatoms. The monoisotopic (exact) mass is 305 g/mol. The molecule has 0 bridgehead atoms. The van der Waals surface area contributed by atoms with Gasteiger partial charge < -0.3 is 9.32 Å². The number of benzene rings is 2. The highest BCUT2D eigenvalue weighted by atomic mass is 16.3. The first-order valence-electron chi connectivity index (χ1n) is 7.92. The van der Waals surface area contributed by atoms with Crippen LogP contribution in [0.1, 0.15) is 28.4 Å². The minimum Gasteiger partial charge on any atom is -0.460 e. The van der Waals surface area contributed by atoms with Gasteiger partial charge in [0.15, 0.2) is 0 Å². The number of para-hydroxylation sites is 2. The third-order valence-electron chi connectivity index (χ3n) is 4.95. The lowest BCUT2D eigenvalue weighted by Gasteiger charge is -2.10. The molecule has 0 fully saturated rings. The van der Waals surface area contributed by atoms with Gasteiger partial charge >= 0.3 is 0 Å². The first kappa shape index (κ1) is 14.1. The number of rotatable bonds is 2. The minimum absolute atomic E-state index is 0.141. The van der Waals surface area contributed by atoms with Gasteiger partial charge in [0.2, 0.25) is 5.91 Å². The normalized spacial score (nSPS) is 17.1. The van der Waals surface area contributed by atoms with Crippen molar-refractivity contribution in [3.05, 3.63) is 64.9 Å². The van der Waals surface area contributed by atoms with Crippen molar-refractivity contribution in [3.8, 4) is 0 Å². The van der Waals surface area contributed by atoms with Crippen LogP contribution < -0.4 is 4.90 Å². The number of likely N-dealkylation sites (N-methyl/N-ethyl adjacent to an activating group) is 1. The number of anilines is 1. The van der Waals surface area contributed by atoms with Gasteiger partial charge in [-0.3, -0.25) is 4.79 Å². The van der Waals surface area contributed by atoms with Crippen LogP contribution in [0.25, 0.3) is 11.0 Å². The zero-order chi connectivity index (χ0) is 16.1. The molecule has 3 aromatic rings. The van der Waals surface area contributed by atoms with Crippen molar-refractivity contribution >= 4 is 22.6 Å². The first-order chi connectivity index (χ1) is 11.1. The SMILES string of the molecule is Cc1c(C[C@H]2C(=O)N(C)c3ccccc32)oc2c(C)cccc12. The van der Waals surface area contributed by atoms with Gasteiger partial charge in [-0.2, -0.15) is 0 Å². The van der Waals surface area contributed by atoms with E-state index in [-0.39, 0.29) is 11.8 Å². The van der Waals surface area contributed by atoms with Crippen LogP contribution in [0.5, 0.6) is 0 Å². The molecule has 1 aliphatic heterocycles. The van der Waals surface area contributed by atoms with Crippen LogP contribution >= 0.6 is 0 Å². The third-order valence-corrected chi connectivity index (χ3v) is 4.95. The maximum Gasteiger partial charge on any atom is 0.234 e. The molecule has 2 aromatic carbocycles. The molecule has 3 nitrogen and oxygen atoms in total. The highest BCUT2D eigenvalue weighted by Crippen LogP contribution is 2.39. The van der Waals surface area contributed by atoms with E-state index in [0.717, 1.165) is 39.1 Å². The van der Waals surface area contributed by atoms with E-state index in [0.29, 0.717) is 6.42 Å². The molecule has 116 valence electrons. The second-order valence-corrected chi connectivity index (χ2v) is 6.31. The molecule has 0 unspecified atom stereocenters. The summed E-state index contributed by atoms with van der Waals surface area (Å²) in [5.74, 6) is 0.899. The number of fused-ring (bicyclic) bond motifs is 2. The van der Waals surface area contributed by atoms with Crippen molar-refractivity contribution in [2.24, 2.45) is 0 Å². The molecule has 1 atom stereocenters. The average Bonchev–Trinajstić information content (AvgIpc) is 3.00. The largest absolute Gasteiger partial charge is 0.460 e. The Morgan fingerprint density at radius 2 is 1.87 bits per heavy atom. The second kappa shape index (κ2) is 4.98. The van der Waals surface area contributed by atoms with Crippen LogP contribution in [0.2, 0.25) is 0 Å². The van der Waals surface area contributed by atoms with Gasteiger partial charge in [0.1, 0.15) is 11.3 Å². The van der Waals surface area contributed by atoms with E-state index in [9.17, 15) is 4.79 Å². The van der Waals surface area contributed by atoms with Gasteiger partial charge in [-0.05, 0) is 36.6 Å². The third kappa shape index (κ3) is 2.00. The molecule has 0 N–H and O–H groups in total. The smallest absolute Gasteiger partial charge is 0.234 e. The van der Waals surface area contributed by atoms with E-state index in [2.05, 4.69) is 26.0 Å². The summed E-state index contributed by atoms with van der Waals surface area (Å²) in [7, 11) is 1.84. The highest BCUT2D eigenvalue weighted by Gasteiger charge is 2.35. The van der Waals surface area contributed by atoms with Crippen molar-refractivity contribution in [2.45, 2.75) is 26.2 Å². The van der Waals surface area contributed by atoms with E-state index >= 15 is 0 Å². The second-order valence-electron chi connectivity index (χ2n) is 6.31. The van der Waals surface area contributed by atoms with Crippen molar-refractivity contribution in [2.75, 3.05) is 11.9 Å². The zero-order valence-corrected chi connectivity index (χ0v) is 13.6. The number of furan rings is 1. The van der Waals surface area contributed by atoms with Gasteiger partial charge in [-0.25, -0.2) is 0 Å². The molecule has 2 heterocycles. The fourth-order valence-electron chi connectivity index (χ4n) is 3.58. The Labute approximate surface area is 135 Å². The van der Waals surface area contributed by atoms with Gasteiger partial charge in [-0.15, -0.1) is 0 Å². The Balaban J connectivity index is 1.78. The molecule has 0 saturated carbocycles. The van der Waals surface area contributed by atoms with Gasteiger partial charge in [0.05, 0.1) is 5.92 Å². The Kier molecular flexibility index (Phi) is 3.05. The van der Waals surface area contributed by atoms with Crippen molar-refractivity contribution in [3.63, 3.8) is 0 Å². The summed E-state index contributed by atoms with van der Waals surface area (Å²) in [4.78, 5) is 14.4. The topological polar surface area (TPSA) is 33.5 Å². The molecule has 1 amide bonds. The molecule has 1 aliphatic rings. The lowest BCUT2D eigenvalue weighted by Crippen LogP contribution is -2.24. The average molecular weight is 305 g/mol. The summed E-state index contributed by atoms with van der Waals surface area (Å²) in [6, 6.07) is 14.2. The fraction of sp³-hybridized carbons (Fsp3) is 0.250. The molecule has 0 radical (unpaired) electrons.